The van der Waals surface area contributed by atoms with Gasteiger partial charge in [-0.15, -0.1) is 11.8 Å². The maximum absolute atomic E-state index is 12.5. The molecule has 0 bridgehead atoms. The van der Waals surface area contributed by atoms with E-state index in [0.29, 0.717) is 11.3 Å². The summed E-state index contributed by atoms with van der Waals surface area (Å²) >= 11 is 1.58. The Morgan fingerprint density at radius 1 is 1.11 bits per heavy atom. The zero-order chi connectivity index (χ0) is 13.1. The summed E-state index contributed by atoms with van der Waals surface area (Å²) in [5.41, 5.74) is 8.76. The van der Waals surface area contributed by atoms with Crippen molar-refractivity contribution in [2.75, 3.05) is 12.0 Å². The molecule has 2 aromatic rings. The second-order valence-corrected chi connectivity index (χ2v) is 4.95. The molecule has 0 saturated carbocycles. The third-order valence-corrected chi connectivity index (χ3v) is 3.64. The lowest BCUT2D eigenvalue weighted by atomic mass is 9.99. The summed E-state index contributed by atoms with van der Waals surface area (Å²) in [7, 11) is 0. The van der Waals surface area contributed by atoms with Gasteiger partial charge in [0.25, 0.3) is 0 Å². The predicted molar refractivity (Wildman–Crippen MR) is 77.2 cm³/mol. The normalized spacial score (nSPS) is 10.3. The molecule has 0 spiro atoms. The van der Waals surface area contributed by atoms with Crippen molar-refractivity contribution in [2.45, 2.75) is 11.8 Å². The van der Waals surface area contributed by atoms with Crippen molar-refractivity contribution in [3.8, 4) is 0 Å². The van der Waals surface area contributed by atoms with Gasteiger partial charge >= 0.3 is 0 Å². The monoisotopic (exact) mass is 257 g/mol. The van der Waals surface area contributed by atoms with Crippen LogP contribution in [0.2, 0.25) is 0 Å². The van der Waals surface area contributed by atoms with Crippen LogP contribution < -0.4 is 5.73 Å². The van der Waals surface area contributed by atoms with Gasteiger partial charge in [-0.25, -0.2) is 0 Å². The average Bonchev–Trinajstić information content (AvgIpc) is 2.38. The fraction of sp³-hybridized carbons (Fsp3) is 0.133. The number of rotatable bonds is 3. The van der Waals surface area contributed by atoms with Crippen LogP contribution in [0.1, 0.15) is 21.5 Å². The number of carbonyl (C=O) groups is 1. The Morgan fingerprint density at radius 3 is 2.50 bits per heavy atom. The molecule has 2 rings (SSSR count). The van der Waals surface area contributed by atoms with E-state index < -0.39 is 0 Å². The molecule has 2 nitrogen and oxygen atoms in total. The third-order valence-electron chi connectivity index (χ3n) is 2.85. The maximum Gasteiger partial charge on any atom is 0.194 e. The number of anilines is 1. The fourth-order valence-electron chi connectivity index (χ4n) is 1.92. The van der Waals surface area contributed by atoms with E-state index in [1.54, 1.807) is 23.9 Å². The van der Waals surface area contributed by atoms with Crippen molar-refractivity contribution in [3.05, 3.63) is 59.2 Å². The van der Waals surface area contributed by atoms with Gasteiger partial charge in [0, 0.05) is 21.7 Å². The van der Waals surface area contributed by atoms with Crippen LogP contribution in [0.4, 0.5) is 5.69 Å². The smallest absolute Gasteiger partial charge is 0.194 e. The molecule has 0 atom stereocenters. The van der Waals surface area contributed by atoms with E-state index in [4.69, 9.17) is 5.73 Å². The lowest BCUT2D eigenvalue weighted by Gasteiger charge is -2.09. The van der Waals surface area contributed by atoms with E-state index in [1.165, 1.54) is 0 Å². The minimum absolute atomic E-state index is 0.0532. The molecule has 0 saturated heterocycles. The number of ketones is 1. The molecule has 0 aromatic heterocycles. The van der Waals surface area contributed by atoms with Gasteiger partial charge in [-0.3, -0.25) is 4.79 Å². The van der Waals surface area contributed by atoms with Gasteiger partial charge in [-0.05, 0) is 49.1 Å². The Labute approximate surface area is 111 Å². The molecule has 2 N–H and O–H groups in total. The first kappa shape index (κ1) is 12.7. The second-order valence-electron chi connectivity index (χ2n) is 4.10. The lowest BCUT2D eigenvalue weighted by Crippen LogP contribution is -2.05. The summed E-state index contributed by atoms with van der Waals surface area (Å²) in [5, 5.41) is 0. The molecule has 0 amide bonds. The first-order valence-electron chi connectivity index (χ1n) is 5.67. The SMILES string of the molecule is CSc1ccccc1C(=O)c1ccc(N)cc1C. The van der Waals surface area contributed by atoms with Crippen LogP contribution in [0.25, 0.3) is 0 Å². The fourth-order valence-corrected chi connectivity index (χ4v) is 2.51. The maximum atomic E-state index is 12.5. The number of carbonyl (C=O) groups excluding carboxylic acids is 1. The Morgan fingerprint density at radius 2 is 1.83 bits per heavy atom. The number of hydrogen-bond acceptors (Lipinski definition) is 3. The lowest BCUT2D eigenvalue weighted by molar-refractivity contribution is 0.103. The van der Waals surface area contributed by atoms with Crippen LogP contribution in [-0.2, 0) is 0 Å². The van der Waals surface area contributed by atoms with E-state index in [9.17, 15) is 4.79 Å². The first-order valence-corrected chi connectivity index (χ1v) is 6.90. The number of aryl methyl sites for hydroxylation is 1. The van der Waals surface area contributed by atoms with E-state index in [1.807, 2.05) is 43.5 Å². The van der Waals surface area contributed by atoms with E-state index in [0.717, 1.165) is 16.0 Å². The average molecular weight is 257 g/mol. The number of nitrogens with two attached hydrogens (primary N) is 1. The molecule has 0 fully saturated rings. The molecule has 18 heavy (non-hydrogen) atoms. The standard InChI is InChI=1S/C15H15NOS/c1-10-9-11(16)7-8-12(10)15(17)13-5-3-4-6-14(13)18-2/h3-9H,16H2,1-2H3. The highest BCUT2D eigenvalue weighted by molar-refractivity contribution is 7.98. The van der Waals surface area contributed by atoms with Crippen LogP contribution >= 0.6 is 11.8 Å². The topological polar surface area (TPSA) is 43.1 Å². The quantitative estimate of drug-likeness (QED) is 0.519. The second kappa shape index (κ2) is 5.27. The molecule has 0 aliphatic carbocycles. The molecule has 0 unspecified atom stereocenters. The zero-order valence-electron chi connectivity index (χ0n) is 10.4. The highest BCUT2D eigenvalue weighted by Gasteiger charge is 2.14. The number of hydrogen-bond donors (Lipinski definition) is 1. The molecule has 3 heteroatoms. The van der Waals surface area contributed by atoms with Gasteiger partial charge in [0.2, 0.25) is 0 Å². The summed E-state index contributed by atoms with van der Waals surface area (Å²) in [6.07, 6.45) is 1.97. The Kier molecular flexibility index (Phi) is 3.72. The van der Waals surface area contributed by atoms with Crippen molar-refractivity contribution in [1.82, 2.24) is 0 Å². The molecule has 0 aliphatic heterocycles. The number of nitrogen functional groups attached to an aromatic ring is 1. The minimum atomic E-state index is 0.0532. The molecule has 0 aliphatic rings. The first-order chi connectivity index (χ1) is 8.63. The Bertz CT molecular complexity index is 593. The van der Waals surface area contributed by atoms with Gasteiger partial charge in [-0.2, -0.15) is 0 Å². The molecular formula is C15H15NOS. The highest BCUT2D eigenvalue weighted by atomic mass is 32.2. The van der Waals surface area contributed by atoms with E-state index in [-0.39, 0.29) is 5.78 Å². The Balaban J connectivity index is 2.48. The van der Waals surface area contributed by atoms with Crippen LogP contribution in [0, 0.1) is 6.92 Å². The highest BCUT2D eigenvalue weighted by Crippen LogP contribution is 2.24. The molecule has 0 heterocycles. The van der Waals surface area contributed by atoms with Crippen LogP contribution in [0.5, 0.6) is 0 Å². The predicted octanol–water partition coefficient (Wildman–Crippen LogP) is 3.53. The minimum Gasteiger partial charge on any atom is -0.399 e. The van der Waals surface area contributed by atoms with Gasteiger partial charge in [-0.1, -0.05) is 12.1 Å². The van der Waals surface area contributed by atoms with Gasteiger partial charge in [0.05, 0.1) is 0 Å². The van der Waals surface area contributed by atoms with Crippen molar-refractivity contribution in [2.24, 2.45) is 0 Å². The Hall–Kier alpha value is -1.74. The molecular weight excluding hydrogens is 242 g/mol. The van der Waals surface area contributed by atoms with E-state index in [2.05, 4.69) is 0 Å². The van der Waals surface area contributed by atoms with Crippen LogP contribution in [0.15, 0.2) is 47.4 Å². The zero-order valence-corrected chi connectivity index (χ0v) is 11.3. The van der Waals surface area contributed by atoms with Crippen molar-refractivity contribution >= 4 is 23.2 Å². The summed E-state index contributed by atoms with van der Waals surface area (Å²) < 4.78 is 0. The van der Waals surface area contributed by atoms with Crippen LogP contribution in [-0.4, -0.2) is 12.0 Å². The summed E-state index contributed by atoms with van der Waals surface area (Å²) in [5.74, 6) is 0.0532. The summed E-state index contributed by atoms with van der Waals surface area (Å²) in [4.78, 5) is 13.5. The molecule has 92 valence electrons. The molecule has 0 radical (unpaired) electrons. The van der Waals surface area contributed by atoms with Gasteiger partial charge < -0.3 is 5.73 Å². The van der Waals surface area contributed by atoms with Gasteiger partial charge in [0.15, 0.2) is 5.78 Å². The van der Waals surface area contributed by atoms with Crippen molar-refractivity contribution in [3.63, 3.8) is 0 Å². The van der Waals surface area contributed by atoms with Crippen molar-refractivity contribution < 1.29 is 4.79 Å². The summed E-state index contributed by atoms with van der Waals surface area (Å²) in [6.45, 7) is 1.91. The molecule has 2 aromatic carbocycles. The van der Waals surface area contributed by atoms with Crippen LogP contribution in [0.3, 0.4) is 0 Å². The van der Waals surface area contributed by atoms with Gasteiger partial charge in [0.1, 0.15) is 0 Å². The number of thioether (sulfide) groups is 1. The van der Waals surface area contributed by atoms with Crippen molar-refractivity contribution in [1.29, 1.82) is 0 Å². The van der Waals surface area contributed by atoms with E-state index >= 15 is 0 Å². The number of benzene rings is 2. The largest absolute Gasteiger partial charge is 0.399 e. The summed E-state index contributed by atoms with van der Waals surface area (Å²) in [6, 6.07) is 13.0. The third kappa shape index (κ3) is 2.41.